The Labute approximate surface area is 167 Å². The van der Waals surface area contributed by atoms with Crippen molar-refractivity contribution < 1.29 is 19.2 Å². The monoisotopic (exact) mass is 443 g/mol. The van der Waals surface area contributed by atoms with E-state index in [1.165, 1.54) is 24.4 Å². The molecule has 0 fully saturated rings. The molecule has 0 spiro atoms. The fourth-order valence-electron chi connectivity index (χ4n) is 2.47. The maximum atomic E-state index is 12.1. The molecule has 1 heterocycles. The summed E-state index contributed by atoms with van der Waals surface area (Å²) in [5.41, 5.74) is 3.39. The number of aromatic hydroxyl groups is 1. The van der Waals surface area contributed by atoms with Gasteiger partial charge >= 0.3 is 0 Å². The van der Waals surface area contributed by atoms with Crippen molar-refractivity contribution >= 4 is 33.7 Å². The molecule has 2 aromatic carbocycles. The number of benzene rings is 2. The largest absolute Gasteiger partial charge is 0.507 e. The minimum atomic E-state index is -0.601. The lowest BCUT2D eigenvalue weighted by atomic mass is 10.1. The molecule has 0 unspecified atom stereocenters. The number of phenolic OH excluding ortho intramolecular Hbond substituents is 1. The number of furan rings is 1. The quantitative estimate of drug-likeness (QED) is 0.344. The van der Waals surface area contributed by atoms with E-state index in [2.05, 4.69) is 26.5 Å². The van der Waals surface area contributed by atoms with Crippen molar-refractivity contribution in [2.75, 3.05) is 0 Å². The Morgan fingerprint density at radius 1 is 1.25 bits per heavy atom. The molecule has 28 heavy (non-hydrogen) atoms. The van der Waals surface area contributed by atoms with E-state index in [1.807, 2.05) is 0 Å². The first-order chi connectivity index (χ1) is 13.3. The van der Waals surface area contributed by atoms with Crippen molar-refractivity contribution in [1.29, 1.82) is 0 Å². The lowest BCUT2D eigenvalue weighted by Crippen LogP contribution is -2.17. The first-order valence-corrected chi connectivity index (χ1v) is 8.81. The van der Waals surface area contributed by atoms with Crippen molar-refractivity contribution in [2.45, 2.75) is 6.92 Å². The molecule has 0 bridgehead atoms. The van der Waals surface area contributed by atoms with Crippen LogP contribution in [-0.4, -0.2) is 22.2 Å². The summed E-state index contributed by atoms with van der Waals surface area (Å²) < 4.78 is 6.20. The van der Waals surface area contributed by atoms with Crippen LogP contribution in [-0.2, 0) is 0 Å². The van der Waals surface area contributed by atoms with Crippen molar-refractivity contribution in [3.05, 3.63) is 80.0 Å². The molecule has 9 heteroatoms. The predicted octanol–water partition coefficient (Wildman–Crippen LogP) is 4.40. The Bertz CT molecular complexity index is 1090. The number of nitrogens with zero attached hydrogens (tertiary/aromatic N) is 2. The molecule has 2 N–H and O–H groups in total. The van der Waals surface area contributed by atoms with Gasteiger partial charge in [0.25, 0.3) is 11.6 Å². The van der Waals surface area contributed by atoms with E-state index in [0.717, 1.165) is 5.56 Å². The van der Waals surface area contributed by atoms with Crippen LogP contribution in [0.4, 0.5) is 5.69 Å². The highest BCUT2D eigenvalue weighted by molar-refractivity contribution is 9.10. The third kappa shape index (κ3) is 4.26. The Hall–Kier alpha value is -3.46. The summed E-state index contributed by atoms with van der Waals surface area (Å²) >= 11 is 3.22. The third-order valence-electron chi connectivity index (χ3n) is 3.80. The highest BCUT2D eigenvalue weighted by Crippen LogP contribution is 2.31. The van der Waals surface area contributed by atoms with Crippen molar-refractivity contribution in [3.63, 3.8) is 0 Å². The van der Waals surface area contributed by atoms with Crippen LogP contribution in [0.25, 0.3) is 11.3 Å². The number of rotatable bonds is 5. The van der Waals surface area contributed by atoms with E-state index in [9.17, 15) is 20.0 Å². The summed E-state index contributed by atoms with van der Waals surface area (Å²) in [5.74, 6) is -0.174. The molecule has 1 aromatic heterocycles. The van der Waals surface area contributed by atoms with E-state index in [-0.39, 0.29) is 17.0 Å². The summed E-state index contributed by atoms with van der Waals surface area (Å²) in [4.78, 5) is 22.9. The average molecular weight is 444 g/mol. The van der Waals surface area contributed by atoms with Gasteiger partial charge in [-0.05, 0) is 48.9 Å². The Kier molecular flexibility index (Phi) is 5.55. The number of phenols is 1. The number of aryl methyl sites for hydroxylation is 1. The van der Waals surface area contributed by atoms with Crippen molar-refractivity contribution in [2.24, 2.45) is 5.10 Å². The van der Waals surface area contributed by atoms with Gasteiger partial charge in [-0.2, -0.15) is 5.10 Å². The molecule has 0 aliphatic rings. The molecule has 142 valence electrons. The number of nitrogens with one attached hydrogen (secondary N) is 1. The van der Waals surface area contributed by atoms with Gasteiger partial charge in [-0.25, -0.2) is 5.43 Å². The minimum absolute atomic E-state index is 0.0574. The second-order valence-electron chi connectivity index (χ2n) is 5.84. The van der Waals surface area contributed by atoms with Crippen LogP contribution in [0.1, 0.15) is 21.7 Å². The molecule has 0 saturated carbocycles. The number of carbonyl (C=O) groups excluding carboxylic acids is 1. The molecular formula is C19H14BrN3O5. The predicted molar refractivity (Wildman–Crippen MR) is 106 cm³/mol. The number of nitro benzene ring substituents is 1. The number of hydrogen-bond donors (Lipinski definition) is 2. The zero-order chi connectivity index (χ0) is 20.3. The Balaban J connectivity index is 1.76. The lowest BCUT2D eigenvalue weighted by molar-refractivity contribution is -0.384. The van der Waals surface area contributed by atoms with Crippen LogP contribution in [0.5, 0.6) is 5.75 Å². The number of hydrazone groups is 1. The van der Waals surface area contributed by atoms with Crippen molar-refractivity contribution in [1.82, 2.24) is 5.43 Å². The summed E-state index contributed by atoms with van der Waals surface area (Å²) in [6, 6.07) is 12.4. The van der Waals surface area contributed by atoms with Gasteiger partial charge in [-0.1, -0.05) is 22.0 Å². The van der Waals surface area contributed by atoms with E-state index in [0.29, 0.717) is 21.6 Å². The highest BCUT2D eigenvalue weighted by Gasteiger charge is 2.18. The standard InChI is InChI=1S/C19H14BrN3O5/c1-11-2-5-14(16(8-11)23(26)27)18-7-4-13(28-18)10-21-22-19(25)15-9-12(20)3-6-17(15)24/h2-10,24H,1H3,(H,22,25)/b21-10+. The molecule has 8 nitrogen and oxygen atoms in total. The molecule has 1 amide bonds. The van der Waals surface area contributed by atoms with Crippen LogP contribution < -0.4 is 5.43 Å². The highest BCUT2D eigenvalue weighted by atomic mass is 79.9. The van der Waals surface area contributed by atoms with E-state index < -0.39 is 10.8 Å². The van der Waals surface area contributed by atoms with E-state index >= 15 is 0 Å². The normalized spacial score (nSPS) is 10.9. The Morgan fingerprint density at radius 3 is 2.79 bits per heavy atom. The lowest BCUT2D eigenvalue weighted by Gasteiger charge is -2.03. The van der Waals surface area contributed by atoms with E-state index in [1.54, 1.807) is 37.3 Å². The van der Waals surface area contributed by atoms with Crippen LogP contribution in [0.3, 0.4) is 0 Å². The first kappa shape index (κ1) is 19.3. The van der Waals surface area contributed by atoms with Gasteiger partial charge in [0.2, 0.25) is 0 Å². The molecule has 0 aliphatic heterocycles. The fraction of sp³-hybridized carbons (Fsp3) is 0.0526. The second kappa shape index (κ2) is 8.05. The maximum Gasteiger partial charge on any atom is 0.280 e. The molecule has 0 aliphatic carbocycles. The SMILES string of the molecule is Cc1ccc(-c2ccc(/C=N/NC(=O)c3cc(Br)ccc3O)o2)c([N+](=O)[O-])c1. The van der Waals surface area contributed by atoms with Crippen LogP contribution in [0, 0.1) is 17.0 Å². The summed E-state index contributed by atoms with van der Waals surface area (Å²) in [5, 5.41) is 24.8. The number of hydrogen-bond acceptors (Lipinski definition) is 6. The number of amides is 1. The summed E-state index contributed by atoms with van der Waals surface area (Å²) in [6.45, 7) is 1.77. The zero-order valence-corrected chi connectivity index (χ0v) is 16.1. The minimum Gasteiger partial charge on any atom is -0.507 e. The maximum absolute atomic E-state index is 12.1. The van der Waals surface area contributed by atoms with Crippen LogP contribution >= 0.6 is 15.9 Å². The number of nitro groups is 1. The molecule has 0 saturated heterocycles. The van der Waals surface area contributed by atoms with Crippen LogP contribution in [0.15, 0.2) is 62.5 Å². The molecule has 3 aromatic rings. The van der Waals surface area contributed by atoms with Gasteiger partial charge in [0.15, 0.2) is 0 Å². The molecular weight excluding hydrogens is 430 g/mol. The van der Waals surface area contributed by atoms with Gasteiger partial charge < -0.3 is 9.52 Å². The number of carbonyl (C=O) groups is 1. The van der Waals surface area contributed by atoms with Gasteiger partial charge in [0, 0.05) is 10.5 Å². The summed E-state index contributed by atoms with van der Waals surface area (Å²) in [6.07, 6.45) is 1.26. The van der Waals surface area contributed by atoms with Crippen molar-refractivity contribution in [3.8, 4) is 17.1 Å². The number of halogens is 1. The zero-order valence-electron chi connectivity index (χ0n) is 14.5. The van der Waals surface area contributed by atoms with Gasteiger partial charge in [-0.15, -0.1) is 0 Å². The average Bonchev–Trinajstić information content (AvgIpc) is 3.12. The third-order valence-corrected chi connectivity index (χ3v) is 4.30. The second-order valence-corrected chi connectivity index (χ2v) is 6.76. The van der Waals surface area contributed by atoms with Gasteiger partial charge in [0.05, 0.1) is 22.3 Å². The van der Waals surface area contributed by atoms with Gasteiger partial charge in [0.1, 0.15) is 17.3 Å². The topological polar surface area (TPSA) is 118 Å². The van der Waals surface area contributed by atoms with Crippen LogP contribution in [0.2, 0.25) is 0 Å². The summed E-state index contributed by atoms with van der Waals surface area (Å²) in [7, 11) is 0. The Morgan fingerprint density at radius 2 is 2.04 bits per heavy atom. The van der Waals surface area contributed by atoms with E-state index in [4.69, 9.17) is 4.42 Å². The van der Waals surface area contributed by atoms with Gasteiger partial charge in [-0.3, -0.25) is 14.9 Å². The molecule has 3 rings (SSSR count). The molecule has 0 radical (unpaired) electrons. The fourth-order valence-corrected chi connectivity index (χ4v) is 2.83. The molecule has 0 atom stereocenters. The smallest absolute Gasteiger partial charge is 0.280 e. The first-order valence-electron chi connectivity index (χ1n) is 8.02.